The van der Waals surface area contributed by atoms with E-state index in [0.29, 0.717) is 36.1 Å². The molecule has 0 aliphatic rings. The van der Waals surface area contributed by atoms with Gasteiger partial charge in [-0.05, 0) is 44.2 Å². The van der Waals surface area contributed by atoms with E-state index in [4.69, 9.17) is 18.9 Å². The summed E-state index contributed by atoms with van der Waals surface area (Å²) in [5.74, 6) is 3.30. The van der Waals surface area contributed by atoms with Gasteiger partial charge < -0.3 is 34.7 Å². The summed E-state index contributed by atoms with van der Waals surface area (Å²) in [6.07, 6.45) is -0.953. The topological polar surface area (TPSA) is 93.6 Å². The highest BCUT2D eigenvalue weighted by Crippen LogP contribution is 2.29. The van der Waals surface area contributed by atoms with Gasteiger partial charge in [0.2, 0.25) is 0 Å². The number of guanidine groups is 1. The van der Waals surface area contributed by atoms with Crippen LogP contribution in [0.3, 0.4) is 0 Å². The molecule has 3 N–H and O–H groups in total. The van der Waals surface area contributed by atoms with Gasteiger partial charge >= 0.3 is 0 Å². The maximum absolute atomic E-state index is 10.7. The van der Waals surface area contributed by atoms with E-state index in [0.717, 1.165) is 11.5 Å². The largest absolute Gasteiger partial charge is 0.497 e. The van der Waals surface area contributed by atoms with E-state index in [2.05, 4.69) is 15.6 Å². The van der Waals surface area contributed by atoms with Crippen LogP contribution in [0.4, 0.5) is 0 Å². The van der Waals surface area contributed by atoms with Crippen molar-refractivity contribution in [2.75, 3.05) is 41.0 Å². The zero-order chi connectivity index (χ0) is 22.6. The molecule has 170 valence electrons. The molecule has 0 bridgehead atoms. The number of aliphatic imine (C=N–C) groups is 1. The zero-order valence-electron chi connectivity index (χ0n) is 18.8. The molecule has 0 aliphatic heterocycles. The van der Waals surface area contributed by atoms with Crippen molar-refractivity contribution in [3.63, 3.8) is 0 Å². The second-order valence-electron chi connectivity index (χ2n) is 6.83. The van der Waals surface area contributed by atoms with Gasteiger partial charge in [-0.2, -0.15) is 0 Å². The highest BCUT2D eigenvalue weighted by Gasteiger charge is 2.15. The molecule has 0 saturated carbocycles. The van der Waals surface area contributed by atoms with Gasteiger partial charge in [0.1, 0.15) is 35.2 Å². The minimum Gasteiger partial charge on any atom is -0.497 e. The molecule has 8 heteroatoms. The third-order valence-electron chi connectivity index (χ3n) is 4.50. The Morgan fingerprint density at radius 3 is 2.35 bits per heavy atom. The lowest BCUT2D eigenvalue weighted by molar-refractivity contribution is 0.182. The van der Waals surface area contributed by atoms with Crippen molar-refractivity contribution in [1.29, 1.82) is 0 Å². The molecule has 2 unspecified atom stereocenters. The summed E-state index contributed by atoms with van der Waals surface area (Å²) in [4.78, 5) is 4.50. The molecule has 8 nitrogen and oxygen atoms in total. The van der Waals surface area contributed by atoms with Crippen molar-refractivity contribution in [3.8, 4) is 23.0 Å². The molecule has 0 amide bonds. The highest BCUT2D eigenvalue weighted by atomic mass is 16.5. The lowest BCUT2D eigenvalue weighted by Gasteiger charge is -2.19. The van der Waals surface area contributed by atoms with Crippen LogP contribution < -0.4 is 29.6 Å². The Morgan fingerprint density at radius 2 is 1.68 bits per heavy atom. The number of aliphatic hydroxyl groups is 1. The first-order chi connectivity index (χ1) is 15.0. The molecule has 0 saturated heterocycles. The van der Waals surface area contributed by atoms with Crippen molar-refractivity contribution in [1.82, 2.24) is 10.6 Å². The molecule has 2 aromatic carbocycles. The normalized spacial score (nSPS) is 13.2. The predicted molar refractivity (Wildman–Crippen MR) is 122 cm³/mol. The van der Waals surface area contributed by atoms with E-state index in [-0.39, 0.29) is 12.6 Å². The second kappa shape index (κ2) is 12.5. The van der Waals surface area contributed by atoms with Crippen molar-refractivity contribution in [2.45, 2.75) is 26.1 Å². The van der Waals surface area contributed by atoms with E-state index in [1.165, 1.54) is 0 Å². The van der Waals surface area contributed by atoms with E-state index >= 15 is 0 Å². The van der Waals surface area contributed by atoms with Crippen LogP contribution in [-0.4, -0.2) is 58.1 Å². The molecule has 2 atom stereocenters. The SMILES string of the molecule is CCNC(=NCC(O)c1cc(OC)ccc1OC)NCC(C)Oc1cccc(OC)c1. The van der Waals surface area contributed by atoms with Gasteiger partial charge in [0.05, 0.1) is 34.4 Å². The van der Waals surface area contributed by atoms with Crippen LogP contribution in [0, 0.1) is 0 Å². The number of hydrogen-bond donors (Lipinski definition) is 3. The number of nitrogens with zero attached hydrogens (tertiary/aromatic N) is 1. The lowest BCUT2D eigenvalue weighted by Crippen LogP contribution is -2.42. The van der Waals surface area contributed by atoms with E-state index in [1.54, 1.807) is 39.5 Å². The van der Waals surface area contributed by atoms with Gasteiger partial charge in [-0.15, -0.1) is 0 Å². The molecule has 0 heterocycles. The van der Waals surface area contributed by atoms with Crippen LogP contribution in [-0.2, 0) is 0 Å². The number of rotatable bonds is 11. The van der Waals surface area contributed by atoms with Crippen molar-refractivity contribution >= 4 is 5.96 Å². The standard InChI is InChI=1S/C23H33N3O5/c1-6-24-23(25-14-16(2)31-19-9-7-8-17(12-19)28-3)26-15-21(27)20-13-18(29-4)10-11-22(20)30-5/h7-13,16,21,27H,6,14-15H2,1-5H3,(H2,24,25,26). The van der Waals surface area contributed by atoms with Crippen LogP contribution in [0.1, 0.15) is 25.5 Å². The number of methoxy groups -OCH3 is 3. The lowest BCUT2D eigenvalue weighted by atomic mass is 10.1. The predicted octanol–water partition coefficient (Wildman–Crippen LogP) is 2.77. The first-order valence-corrected chi connectivity index (χ1v) is 10.2. The Kier molecular flexibility index (Phi) is 9.77. The maximum Gasteiger partial charge on any atom is 0.191 e. The molecule has 2 aromatic rings. The van der Waals surface area contributed by atoms with E-state index in [1.807, 2.05) is 38.1 Å². The molecule has 0 fully saturated rings. The minimum absolute atomic E-state index is 0.112. The first-order valence-electron chi connectivity index (χ1n) is 10.2. The summed E-state index contributed by atoms with van der Waals surface area (Å²) < 4.78 is 21.8. The van der Waals surface area contributed by atoms with Crippen LogP contribution in [0.2, 0.25) is 0 Å². The fourth-order valence-electron chi connectivity index (χ4n) is 2.91. The Labute approximate surface area is 184 Å². The number of ether oxygens (including phenoxy) is 4. The van der Waals surface area contributed by atoms with Crippen molar-refractivity contribution < 1.29 is 24.1 Å². The summed E-state index contributed by atoms with van der Waals surface area (Å²) in [5.41, 5.74) is 0.621. The van der Waals surface area contributed by atoms with E-state index in [9.17, 15) is 5.11 Å². The molecule has 0 aliphatic carbocycles. The fourth-order valence-corrected chi connectivity index (χ4v) is 2.91. The third-order valence-corrected chi connectivity index (χ3v) is 4.50. The van der Waals surface area contributed by atoms with Gasteiger partial charge in [0.25, 0.3) is 0 Å². The average molecular weight is 432 g/mol. The molecule has 31 heavy (non-hydrogen) atoms. The van der Waals surface area contributed by atoms with Crippen molar-refractivity contribution in [3.05, 3.63) is 48.0 Å². The Bertz CT molecular complexity index is 844. The van der Waals surface area contributed by atoms with Gasteiger partial charge in [-0.3, -0.25) is 4.99 Å². The minimum atomic E-state index is -0.842. The summed E-state index contributed by atoms with van der Waals surface area (Å²) >= 11 is 0. The summed E-state index contributed by atoms with van der Waals surface area (Å²) in [5, 5.41) is 17.1. The summed E-state index contributed by atoms with van der Waals surface area (Å²) in [6.45, 7) is 5.32. The van der Waals surface area contributed by atoms with Gasteiger partial charge in [0.15, 0.2) is 5.96 Å². The summed E-state index contributed by atoms with van der Waals surface area (Å²) in [7, 11) is 4.77. The van der Waals surface area contributed by atoms with Gasteiger partial charge in [-0.1, -0.05) is 6.07 Å². The maximum atomic E-state index is 10.7. The van der Waals surface area contributed by atoms with Crippen LogP contribution in [0.15, 0.2) is 47.5 Å². The number of aliphatic hydroxyl groups excluding tert-OH is 1. The third kappa shape index (κ3) is 7.57. The van der Waals surface area contributed by atoms with Gasteiger partial charge in [-0.25, -0.2) is 0 Å². The summed E-state index contributed by atoms with van der Waals surface area (Å²) in [6, 6.07) is 12.8. The first kappa shape index (κ1) is 24.1. The van der Waals surface area contributed by atoms with E-state index < -0.39 is 6.10 Å². The second-order valence-corrected chi connectivity index (χ2v) is 6.83. The zero-order valence-corrected chi connectivity index (χ0v) is 18.8. The monoisotopic (exact) mass is 431 g/mol. The van der Waals surface area contributed by atoms with Crippen molar-refractivity contribution in [2.24, 2.45) is 4.99 Å². The van der Waals surface area contributed by atoms with Crippen LogP contribution in [0.25, 0.3) is 0 Å². The Morgan fingerprint density at radius 1 is 0.968 bits per heavy atom. The molecule has 0 spiro atoms. The fraction of sp³-hybridized carbons (Fsp3) is 0.435. The number of benzene rings is 2. The smallest absolute Gasteiger partial charge is 0.191 e. The average Bonchev–Trinajstić information content (AvgIpc) is 2.80. The molecule has 0 radical (unpaired) electrons. The van der Waals surface area contributed by atoms with Crippen LogP contribution in [0.5, 0.6) is 23.0 Å². The number of hydrogen-bond acceptors (Lipinski definition) is 6. The quantitative estimate of drug-likeness (QED) is 0.372. The van der Waals surface area contributed by atoms with Gasteiger partial charge in [0, 0.05) is 18.2 Å². The molecule has 2 rings (SSSR count). The Balaban J connectivity index is 1.98. The molecule has 0 aromatic heterocycles. The molecular weight excluding hydrogens is 398 g/mol. The number of nitrogens with one attached hydrogen (secondary N) is 2. The highest BCUT2D eigenvalue weighted by molar-refractivity contribution is 5.79. The van der Waals surface area contributed by atoms with Crippen LogP contribution >= 0.6 is 0 Å². The Hall–Kier alpha value is -3.13. The molecular formula is C23H33N3O5.